The predicted octanol–water partition coefficient (Wildman–Crippen LogP) is -0.580. The molecule has 1 rings (SSSR count). The van der Waals surface area contributed by atoms with Crippen LogP contribution in [0.4, 0.5) is 0 Å². The number of hydrogen-bond donors (Lipinski definition) is 2. The predicted molar refractivity (Wildman–Crippen MR) is 61.2 cm³/mol. The van der Waals surface area contributed by atoms with Crippen LogP contribution in [0.5, 0.6) is 0 Å². The lowest BCUT2D eigenvalue weighted by Crippen LogP contribution is -2.48. The standard InChI is InChI=1S/C11H20N2O4/c1-2-17-11(15)9(12)10(14)13-6-8-4-3-5-16-7-8/h8-9H,2-7,12H2,1H3,(H,13,14). The maximum atomic E-state index is 11.5. The lowest BCUT2D eigenvalue weighted by atomic mass is 10.0. The van der Waals surface area contributed by atoms with E-state index in [4.69, 9.17) is 10.5 Å². The van der Waals surface area contributed by atoms with E-state index in [0.717, 1.165) is 19.4 Å². The fourth-order valence-electron chi connectivity index (χ4n) is 1.66. The van der Waals surface area contributed by atoms with Gasteiger partial charge >= 0.3 is 5.97 Å². The molecule has 1 saturated heterocycles. The number of nitrogens with one attached hydrogen (secondary N) is 1. The first-order valence-electron chi connectivity index (χ1n) is 5.92. The fourth-order valence-corrected chi connectivity index (χ4v) is 1.66. The van der Waals surface area contributed by atoms with Gasteiger partial charge in [-0.15, -0.1) is 0 Å². The molecule has 1 aliphatic rings. The molecular formula is C11H20N2O4. The quantitative estimate of drug-likeness (QED) is 0.499. The highest BCUT2D eigenvalue weighted by molar-refractivity contribution is 6.01. The lowest BCUT2D eigenvalue weighted by Gasteiger charge is -2.22. The van der Waals surface area contributed by atoms with Crippen LogP contribution in [-0.2, 0) is 19.1 Å². The van der Waals surface area contributed by atoms with Crippen molar-refractivity contribution in [2.75, 3.05) is 26.4 Å². The minimum atomic E-state index is -1.24. The highest BCUT2D eigenvalue weighted by Gasteiger charge is 2.24. The van der Waals surface area contributed by atoms with Crippen LogP contribution in [0, 0.1) is 5.92 Å². The van der Waals surface area contributed by atoms with Gasteiger partial charge in [-0.25, -0.2) is 4.79 Å². The van der Waals surface area contributed by atoms with E-state index in [-0.39, 0.29) is 6.61 Å². The Morgan fingerprint density at radius 3 is 2.94 bits per heavy atom. The molecule has 2 atom stereocenters. The van der Waals surface area contributed by atoms with E-state index in [0.29, 0.717) is 19.1 Å². The zero-order chi connectivity index (χ0) is 12.7. The first kappa shape index (κ1) is 13.9. The summed E-state index contributed by atoms with van der Waals surface area (Å²) in [4.78, 5) is 22.7. The number of carbonyl (C=O) groups is 2. The van der Waals surface area contributed by atoms with Crippen LogP contribution in [0.1, 0.15) is 19.8 Å². The van der Waals surface area contributed by atoms with E-state index in [1.54, 1.807) is 6.92 Å². The normalized spacial score (nSPS) is 21.6. The number of carbonyl (C=O) groups excluding carboxylic acids is 2. The second kappa shape index (κ2) is 7.24. The minimum Gasteiger partial charge on any atom is -0.464 e. The highest BCUT2D eigenvalue weighted by atomic mass is 16.5. The van der Waals surface area contributed by atoms with Crippen LogP contribution in [0.3, 0.4) is 0 Å². The Morgan fingerprint density at radius 2 is 2.35 bits per heavy atom. The topological polar surface area (TPSA) is 90.7 Å². The number of nitrogens with two attached hydrogens (primary N) is 1. The minimum absolute atomic E-state index is 0.219. The van der Waals surface area contributed by atoms with Crippen LogP contribution < -0.4 is 11.1 Å². The van der Waals surface area contributed by atoms with Crippen molar-refractivity contribution >= 4 is 11.9 Å². The molecule has 3 N–H and O–H groups in total. The summed E-state index contributed by atoms with van der Waals surface area (Å²) in [7, 11) is 0. The second-order valence-corrected chi connectivity index (χ2v) is 4.06. The van der Waals surface area contributed by atoms with Gasteiger partial charge in [0.1, 0.15) is 0 Å². The van der Waals surface area contributed by atoms with Crippen LogP contribution in [0.25, 0.3) is 0 Å². The molecule has 17 heavy (non-hydrogen) atoms. The average molecular weight is 244 g/mol. The summed E-state index contributed by atoms with van der Waals surface area (Å²) in [5, 5.41) is 2.65. The molecule has 0 saturated carbocycles. The van der Waals surface area contributed by atoms with Gasteiger partial charge < -0.3 is 20.5 Å². The van der Waals surface area contributed by atoms with Gasteiger partial charge in [0.05, 0.1) is 13.2 Å². The van der Waals surface area contributed by atoms with Crippen molar-refractivity contribution in [3.8, 4) is 0 Å². The van der Waals surface area contributed by atoms with Gasteiger partial charge in [0.2, 0.25) is 5.91 Å². The second-order valence-electron chi connectivity index (χ2n) is 4.06. The van der Waals surface area contributed by atoms with Gasteiger partial charge in [-0.05, 0) is 25.7 Å². The van der Waals surface area contributed by atoms with E-state index in [1.807, 2.05) is 0 Å². The average Bonchev–Trinajstić information content (AvgIpc) is 2.36. The summed E-state index contributed by atoms with van der Waals surface area (Å²) in [6.07, 6.45) is 2.03. The molecule has 1 fully saturated rings. The van der Waals surface area contributed by atoms with Gasteiger partial charge in [-0.2, -0.15) is 0 Å². The van der Waals surface area contributed by atoms with Crippen molar-refractivity contribution < 1.29 is 19.1 Å². The first-order chi connectivity index (χ1) is 8.15. The van der Waals surface area contributed by atoms with Gasteiger partial charge in [0.25, 0.3) is 0 Å². The largest absolute Gasteiger partial charge is 0.464 e. The third-order valence-corrected chi connectivity index (χ3v) is 2.64. The Balaban J connectivity index is 2.25. The molecule has 6 nitrogen and oxygen atoms in total. The van der Waals surface area contributed by atoms with Crippen molar-refractivity contribution in [3.05, 3.63) is 0 Å². The SMILES string of the molecule is CCOC(=O)C(N)C(=O)NCC1CCCOC1. The monoisotopic (exact) mass is 244 g/mol. The van der Waals surface area contributed by atoms with Crippen molar-refractivity contribution in [3.63, 3.8) is 0 Å². The first-order valence-corrected chi connectivity index (χ1v) is 5.92. The molecule has 1 amide bonds. The Morgan fingerprint density at radius 1 is 1.59 bits per heavy atom. The zero-order valence-electron chi connectivity index (χ0n) is 10.1. The van der Waals surface area contributed by atoms with Crippen molar-refractivity contribution in [1.82, 2.24) is 5.32 Å². The van der Waals surface area contributed by atoms with E-state index in [9.17, 15) is 9.59 Å². The van der Waals surface area contributed by atoms with E-state index >= 15 is 0 Å². The van der Waals surface area contributed by atoms with Crippen molar-refractivity contribution in [2.45, 2.75) is 25.8 Å². The molecule has 0 aromatic heterocycles. The molecule has 6 heteroatoms. The molecular weight excluding hydrogens is 224 g/mol. The number of hydrogen-bond acceptors (Lipinski definition) is 5. The number of ether oxygens (including phenoxy) is 2. The molecule has 1 heterocycles. The van der Waals surface area contributed by atoms with E-state index < -0.39 is 17.9 Å². The van der Waals surface area contributed by atoms with Crippen molar-refractivity contribution in [1.29, 1.82) is 0 Å². The number of amides is 1. The van der Waals surface area contributed by atoms with Gasteiger partial charge in [-0.1, -0.05) is 0 Å². The maximum Gasteiger partial charge on any atom is 0.332 e. The third kappa shape index (κ3) is 4.70. The van der Waals surface area contributed by atoms with Gasteiger partial charge in [0, 0.05) is 13.2 Å². The molecule has 0 aromatic carbocycles. The molecule has 1 aliphatic heterocycles. The summed E-state index contributed by atoms with van der Waals surface area (Å²) in [5.41, 5.74) is 5.44. The summed E-state index contributed by atoms with van der Waals surface area (Å²) in [5.74, 6) is -0.874. The number of rotatable bonds is 5. The summed E-state index contributed by atoms with van der Waals surface area (Å²) >= 11 is 0. The Kier molecular flexibility index (Phi) is 5.93. The van der Waals surface area contributed by atoms with Crippen LogP contribution in [-0.4, -0.2) is 44.3 Å². The van der Waals surface area contributed by atoms with E-state index in [1.165, 1.54) is 0 Å². The van der Waals surface area contributed by atoms with Crippen LogP contribution >= 0.6 is 0 Å². The molecule has 2 unspecified atom stereocenters. The molecule has 0 bridgehead atoms. The van der Waals surface area contributed by atoms with Crippen molar-refractivity contribution in [2.24, 2.45) is 11.7 Å². The summed E-state index contributed by atoms with van der Waals surface area (Å²) < 4.78 is 9.95. The van der Waals surface area contributed by atoms with E-state index in [2.05, 4.69) is 10.1 Å². The Bertz CT molecular complexity index is 264. The fraction of sp³-hybridized carbons (Fsp3) is 0.818. The maximum absolute atomic E-state index is 11.5. The van der Waals surface area contributed by atoms with Gasteiger partial charge in [-0.3, -0.25) is 4.79 Å². The highest BCUT2D eigenvalue weighted by Crippen LogP contribution is 2.11. The molecule has 0 spiro atoms. The molecule has 0 aliphatic carbocycles. The van der Waals surface area contributed by atoms with Crippen LogP contribution in [0.15, 0.2) is 0 Å². The lowest BCUT2D eigenvalue weighted by molar-refractivity contribution is -0.148. The van der Waals surface area contributed by atoms with Crippen LogP contribution in [0.2, 0.25) is 0 Å². The summed E-state index contributed by atoms with van der Waals surface area (Å²) in [6.45, 7) is 3.81. The smallest absolute Gasteiger partial charge is 0.332 e. The molecule has 98 valence electrons. The Labute approximate surface area is 101 Å². The summed E-state index contributed by atoms with van der Waals surface area (Å²) in [6, 6.07) is -1.24. The Hall–Kier alpha value is -1.14. The third-order valence-electron chi connectivity index (χ3n) is 2.64. The zero-order valence-corrected chi connectivity index (χ0v) is 10.1. The number of esters is 1. The molecule has 0 radical (unpaired) electrons. The molecule has 0 aromatic rings. The van der Waals surface area contributed by atoms with Gasteiger partial charge in [0.15, 0.2) is 6.04 Å².